The van der Waals surface area contributed by atoms with Gasteiger partial charge in [0.25, 0.3) is 0 Å². The first-order valence-electron chi connectivity index (χ1n) is 10.1. The maximum Gasteiger partial charge on any atom is 0.312 e. The zero-order valence-electron chi connectivity index (χ0n) is 16.6. The number of nitrogens with one attached hydrogen (secondary N) is 1. The predicted octanol–water partition coefficient (Wildman–Crippen LogP) is 2.36. The highest BCUT2D eigenvalue weighted by molar-refractivity contribution is 7.15. The molecule has 0 spiro atoms. The minimum Gasteiger partial charge on any atom is -0.382 e. The Hall–Kier alpha value is -2.66. The second-order valence-electron chi connectivity index (χ2n) is 8.07. The molecule has 3 aromatic rings. The molecule has 30 heavy (non-hydrogen) atoms. The quantitative estimate of drug-likeness (QED) is 0.613. The molecule has 1 aliphatic heterocycles. The molecule has 1 saturated carbocycles. The third-order valence-electron chi connectivity index (χ3n) is 6.03. The van der Waals surface area contributed by atoms with E-state index in [0.717, 1.165) is 50.9 Å². The fraction of sp³-hybridized carbons (Fsp3) is 0.526. The summed E-state index contributed by atoms with van der Waals surface area (Å²) >= 11 is 1.58. The Balaban J connectivity index is 1.24. The van der Waals surface area contributed by atoms with Gasteiger partial charge in [-0.25, -0.2) is 9.97 Å². The lowest BCUT2D eigenvalue weighted by atomic mass is 9.85. The van der Waals surface area contributed by atoms with E-state index in [9.17, 15) is 9.18 Å². The molecule has 158 valence electrons. The predicted molar refractivity (Wildman–Crippen MR) is 111 cm³/mol. The number of likely N-dealkylation sites (N-methyl/N-ethyl adjacent to an activating group) is 1. The van der Waals surface area contributed by atoms with Crippen LogP contribution in [0.1, 0.15) is 42.3 Å². The lowest BCUT2D eigenvalue weighted by molar-refractivity contribution is -0.120. The van der Waals surface area contributed by atoms with Gasteiger partial charge < -0.3 is 20.5 Å². The van der Waals surface area contributed by atoms with Crippen molar-refractivity contribution in [3.8, 4) is 0 Å². The molecule has 2 aliphatic rings. The van der Waals surface area contributed by atoms with E-state index in [2.05, 4.69) is 37.2 Å². The molecular weight excluding hydrogens is 407 g/mol. The zero-order valence-corrected chi connectivity index (χ0v) is 17.5. The highest BCUT2D eigenvalue weighted by Gasteiger charge is 2.29. The largest absolute Gasteiger partial charge is 0.382 e. The number of carbonyl (C=O) groups is 1. The third-order valence-corrected chi connectivity index (χ3v) is 7.03. The highest BCUT2D eigenvalue weighted by Crippen LogP contribution is 2.35. The van der Waals surface area contributed by atoms with Crippen molar-refractivity contribution in [2.45, 2.75) is 44.7 Å². The van der Waals surface area contributed by atoms with Crippen LogP contribution in [0.25, 0.3) is 11.2 Å². The highest BCUT2D eigenvalue weighted by atomic mass is 32.1. The van der Waals surface area contributed by atoms with Gasteiger partial charge in [-0.1, -0.05) is 0 Å². The van der Waals surface area contributed by atoms with Crippen LogP contribution in [0.5, 0.6) is 0 Å². The number of halogens is 1. The molecule has 0 aromatic carbocycles. The number of imidazole rings is 1. The topological polar surface area (TPSA) is 115 Å². The van der Waals surface area contributed by atoms with E-state index >= 15 is 0 Å². The molecule has 1 fully saturated rings. The number of nitrogen functional groups attached to an aromatic ring is 1. The summed E-state index contributed by atoms with van der Waals surface area (Å²) in [4.78, 5) is 32.5. The van der Waals surface area contributed by atoms with Gasteiger partial charge >= 0.3 is 6.08 Å². The lowest BCUT2D eigenvalue weighted by Crippen LogP contribution is -2.28. The number of rotatable bonds is 3. The summed E-state index contributed by atoms with van der Waals surface area (Å²) in [7, 11) is 2.09. The number of fused-ring (bicyclic) bond motifs is 2. The lowest BCUT2D eigenvalue weighted by Gasteiger charge is -2.28. The summed E-state index contributed by atoms with van der Waals surface area (Å²) in [6.45, 7) is 1.89. The Morgan fingerprint density at radius 1 is 1.27 bits per heavy atom. The van der Waals surface area contributed by atoms with Crippen molar-refractivity contribution in [1.29, 1.82) is 0 Å². The van der Waals surface area contributed by atoms with Crippen molar-refractivity contribution in [2.24, 2.45) is 5.92 Å². The first-order valence-corrected chi connectivity index (χ1v) is 10.9. The van der Waals surface area contributed by atoms with E-state index in [4.69, 9.17) is 5.73 Å². The molecule has 3 N–H and O–H groups in total. The van der Waals surface area contributed by atoms with Crippen molar-refractivity contribution in [2.75, 3.05) is 24.6 Å². The molecule has 0 saturated heterocycles. The Kier molecular flexibility index (Phi) is 4.86. The second-order valence-corrected chi connectivity index (χ2v) is 9.16. The van der Waals surface area contributed by atoms with Gasteiger partial charge in [-0.05, 0) is 32.7 Å². The number of aromatic nitrogens is 5. The Morgan fingerprint density at radius 2 is 2.07 bits per heavy atom. The number of hydrogen-bond donors (Lipinski definition) is 2. The molecule has 5 rings (SSSR count). The van der Waals surface area contributed by atoms with E-state index in [1.54, 1.807) is 17.7 Å². The van der Waals surface area contributed by atoms with Crippen LogP contribution in [0, 0.1) is 12.0 Å². The number of anilines is 2. The van der Waals surface area contributed by atoms with Crippen LogP contribution >= 0.6 is 11.3 Å². The van der Waals surface area contributed by atoms with Crippen LogP contribution in [0.15, 0.2) is 6.33 Å². The van der Waals surface area contributed by atoms with E-state index in [-0.39, 0.29) is 23.7 Å². The summed E-state index contributed by atoms with van der Waals surface area (Å²) in [5, 5.41) is 3.72. The molecule has 0 atom stereocenters. The molecule has 0 bridgehead atoms. The molecule has 3 aromatic heterocycles. The fourth-order valence-electron chi connectivity index (χ4n) is 4.38. The number of carbonyl (C=O) groups excluding carboxylic acids is 1. The van der Waals surface area contributed by atoms with Gasteiger partial charge in [-0.2, -0.15) is 14.4 Å². The van der Waals surface area contributed by atoms with Crippen molar-refractivity contribution in [3.05, 3.63) is 23.0 Å². The SMILES string of the molecule is CN1CCc2nc(NC(=O)[C@H]3CC[C@@H](n4cnc5c(N)nc(F)nc54)CC3)sc2C1. The minimum atomic E-state index is -0.854. The molecule has 11 heteroatoms. The summed E-state index contributed by atoms with van der Waals surface area (Å²) < 4.78 is 15.5. The number of nitrogens with two attached hydrogens (primary N) is 1. The molecule has 0 unspecified atom stereocenters. The van der Waals surface area contributed by atoms with Crippen molar-refractivity contribution >= 4 is 39.4 Å². The van der Waals surface area contributed by atoms with Crippen LogP contribution in [-0.2, 0) is 17.8 Å². The zero-order chi connectivity index (χ0) is 20.8. The minimum absolute atomic E-state index is 0.0287. The van der Waals surface area contributed by atoms with E-state index < -0.39 is 6.08 Å². The van der Waals surface area contributed by atoms with Gasteiger partial charge in [-0.15, -0.1) is 11.3 Å². The molecular formula is C19H23FN8OS. The van der Waals surface area contributed by atoms with Crippen molar-refractivity contribution < 1.29 is 9.18 Å². The molecule has 0 radical (unpaired) electrons. The monoisotopic (exact) mass is 430 g/mol. The second kappa shape index (κ2) is 7.55. The Labute approximate surface area is 176 Å². The maximum atomic E-state index is 13.6. The summed E-state index contributed by atoms with van der Waals surface area (Å²) in [5.41, 5.74) is 7.68. The summed E-state index contributed by atoms with van der Waals surface area (Å²) in [6, 6.07) is 0.107. The third kappa shape index (κ3) is 3.52. The van der Waals surface area contributed by atoms with Crippen LogP contribution in [0.4, 0.5) is 15.3 Å². The van der Waals surface area contributed by atoms with Crippen LogP contribution < -0.4 is 11.1 Å². The van der Waals surface area contributed by atoms with Gasteiger partial charge in [0.15, 0.2) is 16.6 Å². The number of thiazole rings is 1. The van der Waals surface area contributed by atoms with Gasteiger partial charge in [0.2, 0.25) is 5.91 Å². The van der Waals surface area contributed by atoms with Crippen LogP contribution in [0.3, 0.4) is 0 Å². The Morgan fingerprint density at radius 3 is 2.87 bits per heavy atom. The molecule has 4 heterocycles. The molecule has 1 amide bonds. The smallest absolute Gasteiger partial charge is 0.312 e. The van der Waals surface area contributed by atoms with Gasteiger partial charge in [0, 0.05) is 36.3 Å². The van der Waals surface area contributed by atoms with Gasteiger partial charge in [0.1, 0.15) is 5.52 Å². The van der Waals surface area contributed by atoms with Crippen LogP contribution in [0.2, 0.25) is 0 Å². The first-order chi connectivity index (χ1) is 14.5. The van der Waals surface area contributed by atoms with Crippen molar-refractivity contribution in [1.82, 2.24) is 29.4 Å². The standard InChI is InChI=1S/C19H23FN8OS/c1-27-7-6-12-13(8-27)30-19(23-12)26-17(29)10-2-4-11(5-3-10)28-9-22-14-15(21)24-18(20)25-16(14)28/h9-11H,2-8H2,1H3,(H2,21,24,25)(H,23,26,29)/t10-,11+. The Bertz CT molecular complexity index is 1100. The van der Waals surface area contributed by atoms with Gasteiger partial charge in [-0.3, -0.25) is 4.79 Å². The molecule has 9 nitrogen and oxygen atoms in total. The van der Waals surface area contributed by atoms with Crippen LogP contribution in [-0.4, -0.2) is 48.9 Å². The first kappa shape index (κ1) is 19.3. The van der Waals surface area contributed by atoms with E-state index in [1.165, 1.54) is 4.88 Å². The summed E-state index contributed by atoms with van der Waals surface area (Å²) in [6.07, 6.45) is 4.77. The number of nitrogens with zero attached hydrogens (tertiary/aromatic N) is 6. The average Bonchev–Trinajstić information content (AvgIpc) is 3.31. The van der Waals surface area contributed by atoms with Gasteiger partial charge in [0.05, 0.1) is 12.0 Å². The maximum absolute atomic E-state index is 13.6. The number of hydrogen-bond acceptors (Lipinski definition) is 8. The van der Waals surface area contributed by atoms with Crippen molar-refractivity contribution in [3.63, 3.8) is 0 Å². The average molecular weight is 431 g/mol. The molecule has 1 aliphatic carbocycles. The fourth-order valence-corrected chi connectivity index (χ4v) is 5.47. The summed E-state index contributed by atoms with van der Waals surface area (Å²) in [5.74, 6) is 0.0127. The normalized spacial score (nSPS) is 22.2. The van der Waals surface area contributed by atoms with E-state index in [0.29, 0.717) is 16.3 Å². The number of amides is 1. The van der Waals surface area contributed by atoms with E-state index in [1.807, 2.05) is 4.57 Å².